The number of anilines is 1. The molecule has 0 aliphatic heterocycles. The Labute approximate surface area is 130 Å². The molecule has 104 valence electrons. The number of hydrogen-bond acceptors (Lipinski definition) is 2. The van der Waals surface area contributed by atoms with E-state index in [0.717, 1.165) is 20.9 Å². The number of nitrogens with one attached hydrogen (secondary N) is 1. The maximum absolute atomic E-state index is 12.1. The third-order valence-corrected chi connectivity index (χ3v) is 3.68. The minimum atomic E-state index is -0.202. The van der Waals surface area contributed by atoms with E-state index < -0.39 is 0 Å². The topological polar surface area (TPSA) is 49.3 Å². The summed E-state index contributed by atoms with van der Waals surface area (Å²) >= 11 is 3.44. The Morgan fingerprint density at radius 1 is 0.905 bits per heavy atom. The van der Waals surface area contributed by atoms with Crippen molar-refractivity contribution < 1.29 is 9.90 Å². The van der Waals surface area contributed by atoms with Crippen molar-refractivity contribution in [1.82, 2.24) is 0 Å². The first-order valence-electron chi connectivity index (χ1n) is 6.41. The van der Waals surface area contributed by atoms with Crippen molar-refractivity contribution in [3.8, 4) is 5.75 Å². The summed E-state index contributed by atoms with van der Waals surface area (Å²) in [5.74, 6) is -0.0608. The molecule has 3 nitrogen and oxygen atoms in total. The summed E-state index contributed by atoms with van der Waals surface area (Å²) in [6, 6.07) is 17.9. The molecule has 3 rings (SSSR count). The summed E-state index contributed by atoms with van der Waals surface area (Å²) < 4.78 is 1.02. The fourth-order valence-electron chi connectivity index (χ4n) is 2.11. The Morgan fingerprint density at radius 2 is 1.57 bits per heavy atom. The van der Waals surface area contributed by atoms with Gasteiger partial charge in [0.15, 0.2) is 0 Å². The fourth-order valence-corrected chi connectivity index (χ4v) is 2.49. The molecule has 0 aliphatic rings. The van der Waals surface area contributed by atoms with Gasteiger partial charge in [-0.2, -0.15) is 0 Å². The zero-order valence-electron chi connectivity index (χ0n) is 11.0. The molecule has 21 heavy (non-hydrogen) atoms. The van der Waals surface area contributed by atoms with Crippen molar-refractivity contribution in [2.24, 2.45) is 0 Å². The van der Waals surface area contributed by atoms with Gasteiger partial charge in [-0.25, -0.2) is 0 Å². The largest absolute Gasteiger partial charge is 0.508 e. The molecule has 0 heterocycles. The van der Waals surface area contributed by atoms with Gasteiger partial charge in [-0.1, -0.05) is 28.1 Å². The quantitative estimate of drug-likeness (QED) is 0.717. The molecule has 1 amide bonds. The molecule has 0 unspecified atom stereocenters. The Balaban J connectivity index is 1.85. The molecule has 0 radical (unpaired) electrons. The molecule has 4 heteroatoms. The van der Waals surface area contributed by atoms with Crippen molar-refractivity contribution in [3.05, 3.63) is 70.7 Å². The molecule has 0 spiro atoms. The van der Waals surface area contributed by atoms with Crippen LogP contribution < -0.4 is 5.32 Å². The second-order valence-electron chi connectivity index (χ2n) is 4.71. The van der Waals surface area contributed by atoms with Crippen LogP contribution in [0.1, 0.15) is 10.4 Å². The molecule has 0 saturated heterocycles. The van der Waals surface area contributed by atoms with E-state index in [-0.39, 0.29) is 11.7 Å². The zero-order valence-corrected chi connectivity index (χ0v) is 12.6. The number of rotatable bonds is 2. The lowest BCUT2D eigenvalue weighted by molar-refractivity contribution is 0.102. The zero-order chi connectivity index (χ0) is 14.8. The standard InChI is InChI=1S/C17H12BrNO2/c18-14-5-1-13-10-15(6-2-12(13)9-14)19-17(21)11-3-7-16(20)8-4-11/h1-10,20H,(H,19,21). The number of aromatic hydroxyl groups is 1. The van der Waals surface area contributed by atoms with Gasteiger partial charge in [0, 0.05) is 15.7 Å². The molecule has 0 saturated carbocycles. The van der Waals surface area contributed by atoms with Gasteiger partial charge in [-0.15, -0.1) is 0 Å². The van der Waals surface area contributed by atoms with Gasteiger partial charge in [-0.05, 0) is 59.3 Å². The number of phenolic OH excluding ortho intramolecular Hbond substituents is 1. The maximum atomic E-state index is 12.1. The number of carbonyl (C=O) groups excluding carboxylic acids is 1. The minimum Gasteiger partial charge on any atom is -0.508 e. The molecular weight excluding hydrogens is 330 g/mol. The molecule has 0 aliphatic carbocycles. The number of carbonyl (C=O) groups is 1. The first kappa shape index (κ1) is 13.6. The fraction of sp³-hybridized carbons (Fsp3) is 0. The van der Waals surface area contributed by atoms with Crippen molar-refractivity contribution in [1.29, 1.82) is 0 Å². The van der Waals surface area contributed by atoms with E-state index in [4.69, 9.17) is 0 Å². The van der Waals surface area contributed by atoms with Crippen LogP contribution in [-0.2, 0) is 0 Å². The summed E-state index contributed by atoms with van der Waals surface area (Å²) in [5.41, 5.74) is 1.24. The van der Waals surface area contributed by atoms with Crippen molar-refractivity contribution in [2.45, 2.75) is 0 Å². The van der Waals surface area contributed by atoms with Gasteiger partial charge in [0.2, 0.25) is 0 Å². The Hall–Kier alpha value is -2.33. The van der Waals surface area contributed by atoms with Crippen LogP contribution in [0.15, 0.2) is 65.1 Å². The highest BCUT2D eigenvalue weighted by molar-refractivity contribution is 9.10. The van der Waals surface area contributed by atoms with E-state index in [1.807, 2.05) is 36.4 Å². The van der Waals surface area contributed by atoms with Crippen LogP contribution in [0.5, 0.6) is 5.75 Å². The van der Waals surface area contributed by atoms with Gasteiger partial charge in [0.25, 0.3) is 5.91 Å². The van der Waals surface area contributed by atoms with Crippen molar-refractivity contribution in [3.63, 3.8) is 0 Å². The van der Waals surface area contributed by atoms with Crippen LogP contribution in [0.3, 0.4) is 0 Å². The SMILES string of the molecule is O=C(Nc1ccc2cc(Br)ccc2c1)c1ccc(O)cc1. The highest BCUT2D eigenvalue weighted by atomic mass is 79.9. The Morgan fingerprint density at radius 3 is 2.33 bits per heavy atom. The Bertz CT molecular complexity index is 813. The smallest absolute Gasteiger partial charge is 0.255 e. The normalized spacial score (nSPS) is 10.5. The minimum absolute atomic E-state index is 0.142. The Kier molecular flexibility index (Phi) is 3.62. The van der Waals surface area contributed by atoms with Gasteiger partial charge in [0.1, 0.15) is 5.75 Å². The molecule has 3 aromatic carbocycles. The van der Waals surface area contributed by atoms with Crippen molar-refractivity contribution in [2.75, 3.05) is 5.32 Å². The third-order valence-electron chi connectivity index (χ3n) is 3.19. The van der Waals surface area contributed by atoms with Crippen molar-refractivity contribution >= 4 is 38.3 Å². The lowest BCUT2D eigenvalue weighted by atomic mass is 10.1. The van der Waals surface area contributed by atoms with Crippen LogP contribution in [0.4, 0.5) is 5.69 Å². The molecule has 0 bridgehead atoms. The van der Waals surface area contributed by atoms with Crippen LogP contribution in [0.25, 0.3) is 10.8 Å². The van der Waals surface area contributed by atoms with Crippen LogP contribution in [0, 0.1) is 0 Å². The lowest BCUT2D eigenvalue weighted by Gasteiger charge is -2.07. The van der Waals surface area contributed by atoms with E-state index in [9.17, 15) is 9.90 Å². The maximum Gasteiger partial charge on any atom is 0.255 e. The molecule has 3 aromatic rings. The summed E-state index contributed by atoms with van der Waals surface area (Å²) in [6.07, 6.45) is 0. The summed E-state index contributed by atoms with van der Waals surface area (Å²) in [5, 5.41) is 14.2. The van der Waals surface area contributed by atoms with E-state index in [1.165, 1.54) is 12.1 Å². The van der Waals surface area contributed by atoms with Crippen LogP contribution >= 0.6 is 15.9 Å². The van der Waals surface area contributed by atoms with Crippen LogP contribution in [0.2, 0.25) is 0 Å². The highest BCUT2D eigenvalue weighted by Gasteiger charge is 2.06. The summed E-state index contributed by atoms with van der Waals surface area (Å²) in [6.45, 7) is 0. The second kappa shape index (κ2) is 5.58. The van der Waals surface area contributed by atoms with E-state index in [0.29, 0.717) is 5.56 Å². The number of amides is 1. The van der Waals surface area contributed by atoms with Gasteiger partial charge < -0.3 is 10.4 Å². The van der Waals surface area contributed by atoms with Gasteiger partial charge >= 0.3 is 0 Å². The highest BCUT2D eigenvalue weighted by Crippen LogP contribution is 2.23. The van der Waals surface area contributed by atoms with Gasteiger partial charge in [0.05, 0.1) is 0 Å². The average molecular weight is 342 g/mol. The average Bonchev–Trinajstić information content (AvgIpc) is 2.48. The van der Waals surface area contributed by atoms with E-state index >= 15 is 0 Å². The third kappa shape index (κ3) is 3.06. The summed E-state index contributed by atoms with van der Waals surface area (Å²) in [7, 11) is 0. The molecule has 2 N–H and O–H groups in total. The second-order valence-corrected chi connectivity index (χ2v) is 5.62. The van der Waals surface area contributed by atoms with E-state index in [2.05, 4.69) is 21.2 Å². The van der Waals surface area contributed by atoms with E-state index in [1.54, 1.807) is 12.1 Å². The first-order valence-corrected chi connectivity index (χ1v) is 7.21. The monoisotopic (exact) mass is 341 g/mol. The molecular formula is C17H12BrNO2. The predicted octanol–water partition coefficient (Wildman–Crippen LogP) is 4.56. The van der Waals surface area contributed by atoms with Crippen LogP contribution in [-0.4, -0.2) is 11.0 Å². The predicted molar refractivity (Wildman–Crippen MR) is 87.7 cm³/mol. The van der Waals surface area contributed by atoms with Gasteiger partial charge in [-0.3, -0.25) is 4.79 Å². The first-order chi connectivity index (χ1) is 10.1. The summed E-state index contributed by atoms with van der Waals surface area (Å²) in [4.78, 5) is 12.1. The number of fused-ring (bicyclic) bond motifs is 1. The lowest BCUT2D eigenvalue weighted by Crippen LogP contribution is -2.11. The molecule has 0 fully saturated rings. The molecule has 0 atom stereocenters. The number of phenols is 1. The number of benzene rings is 3. The number of halogens is 1. The number of hydrogen-bond donors (Lipinski definition) is 2. The molecule has 0 aromatic heterocycles.